The van der Waals surface area contributed by atoms with E-state index in [2.05, 4.69) is 27.4 Å². The van der Waals surface area contributed by atoms with E-state index in [-0.39, 0.29) is 17.3 Å². The topological polar surface area (TPSA) is 275 Å². The molecule has 0 bridgehead atoms. The molecule has 5 fully saturated rings. The third kappa shape index (κ3) is 8.88. The second kappa shape index (κ2) is 18.9. The van der Waals surface area contributed by atoms with Crippen molar-refractivity contribution in [3.05, 3.63) is 12.2 Å². The molecule has 3 heterocycles. The lowest BCUT2D eigenvalue weighted by atomic mass is 9.50. The van der Waals surface area contributed by atoms with Gasteiger partial charge in [0.1, 0.15) is 67.1 Å². The largest absolute Gasteiger partial charge is 0.432 e. The number of ether oxygens (including phenoxy) is 6. The first-order valence-electron chi connectivity index (χ1n) is 20.2. The van der Waals surface area contributed by atoms with Crippen LogP contribution in [0.1, 0.15) is 85.5 Å². The zero-order valence-corrected chi connectivity index (χ0v) is 32.9. The number of carbonyl (C=O) groups excluding carboxylic acids is 1. The minimum absolute atomic E-state index is 0.117. The van der Waals surface area contributed by atoms with Gasteiger partial charge in [0, 0.05) is 0 Å². The molecule has 10 N–H and O–H groups in total. The fourth-order valence-electron chi connectivity index (χ4n) is 9.93. The van der Waals surface area contributed by atoms with Gasteiger partial charge in [0.2, 0.25) is 6.29 Å². The molecule has 2 aliphatic carbocycles. The maximum absolute atomic E-state index is 14.8. The van der Waals surface area contributed by atoms with Gasteiger partial charge in [-0.1, -0.05) is 45.8 Å². The predicted octanol–water partition coefficient (Wildman–Crippen LogP) is -1.03. The minimum Gasteiger partial charge on any atom is -0.432 e. The molecule has 3 saturated heterocycles. The van der Waals surface area contributed by atoms with E-state index in [1.807, 2.05) is 6.92 Å². The van der Waals surface area contributed by atoms with E-state index in [0.717, 1.165) is 51.4 Å². The highest BCUT2D eigenvalue weighted by molar-refractivity contribution is 5.77. The van der Waals surface area contributed by atoms with Gasteiger partial charge in [-0.05, 0) is 75.0 Å². The van der Waals surface area contributed by atoms with Crippen molar-refractivity contribution in [2.24, 2.45) is 28.6 Å². The van der Waals surface area contributed by atoms with Gasteiger partial charge in [0.25, 0.3) is 0 Å². The number of hydrogen-bond acceptors (Lipinski definition) is 17. The number of esters is 1. The van der Waals surface area contributed by atoms with Gasteiger partial charge in [-0.25, -0.2) is 0 Å². The van der Waals surface area contributed by atoms with E-state index < -0.39 is 123 Å². The zero-order chi connectivity index (χ0) is 41.3. The van der Waals surface area contributed by atoms with Crippen LogP contribution in [0.25, 0.3) is 0 Å². The maximum Gasteiger partial charge on any atom is 0.314 e. The van der Waals surface area contributed by atoms with Crippen LogP contribution in [0, 0.1) is 28.6 Å². The SMILES string of the molecule is C=C(CC)[C@H]1CCCC2[C@](C)(C(=O)O[C@@H]3O[C@H](CO)[C@@H](O)C(O[C@@H]4O[C@H](CO)[C@@H](O)[C@H](O)[C@H]4O)[C@H]3O[C@@H]3O[C@H](CO)[C@@H](O)[C@H](O)[C@H]3O)CCC[C@@]2(C)[C@@H](C)CC1. The smallest absolute Gasteiger partial charge is 0.314 e. The van der Waals surface area contributed by atoms with Crippen LogP contribution in [-0.4, -0.2) is 169 Å². The number of fused-ring (bicyclic) bond motifs is 1. The minimum atomic E-state index is -1.95. The molecule has 0 spiro atoms. The van der Waals surface area contributed by atoms with Gasteiger partial charge in [-0.15, -0.1) is 0 Å². The molecule has 56 heavy (non-hydrogen) atoms. The Kier molecular flexibility index (Phi) is 15.4. The van der Waals surface area contributed by atoms with Crippen molar-refractivity contribution >= 4 is 5.97 Å². The molecular formula is C39H66O17. The normalized spacial score (nSPS) is 49.2. The molecular weight excluding hydrogens is 740 g/mol. The molecule has 5 rings (SSSR count). The summed E-state index contributed by atoms with van der Waals surface area (Å²) in [5.74, 6) is -0.110. The Labute approximate surface area is 328 Å². The van der Waals surface area contributed by atoms with E-state index in [1.165, 1.54) is 5.57 Å². The lowest BCUT2D eigenvalue weighted by molar-refractivity contribution is -0.388. The van der Waals surface area contributed by atoms with Crippen molar-refractivity contribution in [3.8, 4) is 0 Å². The quantitative estimate of drug-likeness (QED) is 0.0884. The van der Waals surface area contributed by atoms with E-state index >= 15 is 0 Å². The third-order valence-electron chi connectivity index (χ3n) is 13.9. The summed E-state index contributed by atoms with van der Waals surface area (Å²) in [5, 5.41) is 105. The highest BCUT2D eigenvalue weighted by Crippen LogP contribution is 2.59. The second-order valence-corrected chi connectivity index (χ2v) is 17.2. The van der Waals surface area contributed by atoms with Crippen LogP contribution >= 0.6 is 0 Å². The Morgan fingerprint density at radius 2 is 1.18 bits per heavy atom. The molecule has 0 aromatic carbocycles. The van der Waals surface area contributed by atoms with Crippen LogP contribution in [0.15, 0.2) is 12.2 Å². The standard InChI is InChI=1S/C39H66O17/c1-6-18(2)20-9-7-10-24-38(4,19(3)11-12-20)13-8-14-39(24,5)37(50)56-36-33(55-35-31(49)29(47)26(44)22(16-41)52-35)32(27(45)23(17-42)53-36)54-34-30(48)28(46)25(43)21(15-40)51-34/h19-36,40-49H,2,6-17H2,1,3-5H3/t19-,20-,21+,22+,23+,24?,25+,26+,27+,28-,29-,30+,31+,32?,33+,34-,35-,36-,38-,39+/m0/s1. The van der Waals surface area contributed by atoms with Gasteiger partial charge in [0.15, 0.2) is 18.7 Å². The first-order chi connectivity index (χ1) is 26.5. The van der Waals surface area contributed by atoms with Crippen molar-refractivity contribution in [1.82, 2.24) is 0 Å². The number of aliphatic hydroxyl groups is 10. The van der Waals surface area contributed by atoms with E-state index in [0.29, 0.717) is 12.3 Å². The second-order valence-electron chi connectivity index (χ2n) is 17.2. The highest BCUT2D eigenvalue weighted by atomic mass is 16.8. The number of allylic oxidation sites excluding steroid dienone is 1. The van der Waals surface area contributed by atoms with Gasteiger partial charge >= 0.3 is 5.97 Å². The molecule has 2 saturated carbocycles. The zero-order valence-electron chi connectivity index (χ0n) is 32.9. The highest BCUT2D eigenvalue weighted by Gasteiger charge is 2.59. The summed E-state index contributed by atoms with van der Waals surface area (Å²) >= 11 is 0. The van der Waals surface area contributed by atoms with Crippen molar-refractivity contribution in [2.75, 3.05) is 19.8 Å². The van der Waals surface area contributed by atoms with E-state index in [9.17, 15) is 55.9 Å². The van der Waals surface area contributed by atoms with Gasteiger partial charge < -0.3 is 79.5 Å². The van der Waals surface area contributed by atoms with Gasteiger partial charge in [-0.2, -0.15) is 0 Å². The van der Waals surface area contributed by atoms with Crippen LogP contribution < -0.4 is 0 Å². The molecule has 0 aromatic rings. The van der Waals surface area contributed by atoms with Crippen LogP contribution in [0.5, 0.6) is 0 Å². The fourth-order valence-corrected chi connectivity index (χ4v) is 9.93. The summed E-state index contributed by atoms with van der Waals surface area (Å²) in [6, 6.07) is 0. The molecule has 0 aromatic heterocycles. The van der Waals surface area contributed by atoms with Gasteiger partial charge in [0.05, 0.1) is 25.2 Å². The summed E-state index contributed by atoms with van der Waals surface area (Å²) in [6.45, 7) is 10.4. The average Bonchev–Trinajstić information content (AvgIpc) is 3.24. The first-order valence-corrected chi connectivity index (χ1v) is 20.2. The Bertz CT molecular complexity index is 1300. The molecule has 0 radical (unpaired) electrons. The lowest BCUT2D eigenvalue weighted by Crippen LogP contribution is -2.67. The number of carbonyl (C=O) groups is 1. The Hall–Kier alpha value is -1.39. The van der Waals surface area contributed by atoms with Crippen molar-refractivity contribution < 1.29 is 84.3 Å². The molecule has 20 atom stereocenters. The fraction of sp³-hybridized carbons (Fsp3) is 0.923. The van der Waals surface area contributed by atoms with E-state index in [4.69, 9.17) is 28.4 Å². The number of rotatable bonds is 11. The van der Waals surface area contributed by atoms with Crippen molar-refractivity contribution in [2.45, 2.75) is 178 Å². The Morgan fingerprint density at radius 1 is 0.661 bits per heavy atom. The molecule has 17 nitrogen and oxygen atoms in total. The van der Waals surface area contributed by atoms with Crippen LogP contribution in [0.3, 0.4) is 0 Å². The Balaban J connectivity index is 1.49. The molecule has 3 aliphatic heterocycles. The lowest BCUT2D eigenvalue weighted by Gasteiger charge is -2.54. The van der Waals surface area contributed by atoms with E-state index in [1.54, 1.807) is 0 Å². The van der Waals surface area contributed by atoms with Crippen LogP contribution in [-0.2, 0) is 33.2 Å². The average molecular weight is 807 g/mol. The monoisotopic (exact) mass is 806 g/mol. The summed E-state index contributed by atoms with van der Waals surface area (Å²) in [6.07, 6.45) is -18.7. The third-order valence-corrected chi connectivity index (χ3v) is 13.9. The predicted molar refractivity (Wildman–Crippen MR) is 194 cm³/mol. The van der Waals surface area contributed by atoms with Crippen LogP contribution in [0.2, 0.25) is 0 Å². The number of aliphatic hydroxyl groups excluding tert-OH is 10. The first kappa shape index (κ1) is 45.7. The summed E-state index contributed by atoms with van der Waals surface area (Å²) < 4.78 is 35.4. The molecule has 17 heteroatoms. The number of hydrogen-bond donors (Lipinski definition) is 10. The maximum atomic E-state index is 14.8. The van der Waals surface area contributed by atoms with Crippen LogP contribution in [0.4, 0.5) is 0 Å². The summed E-state index contributed by atoms with van der Waals surface area (Å²) in [7, 11) is 0. The summed E-state index contributed by atoms with van der Waals surface area (Å²) in [5.41, 5.74) is -0.0410. The van der Waals surface area contributed by atoms with Crippen molar-refractivity contribution in [1.29, 1.82) is 0 Å². The Morgan fingerprint density at radius 3 is 1.71 bits per heavy atom. The molecule has 2 unspecified atom stereocenters. The molecule has 324 valence electrons. The molecule has 0 amide bonds. The van der Waals surface area contributed by atoms with Crippen molar-refractivity contribution in [3.63, 3.8) is 0 Å². The van der Waals surface area contributed by atoms with Gasteiger partial charge in [-0.3, -0.25) is 4.79 Å². The molecule has 5 aliphatic rings. The summed E-state index contributed by atoms with van der Waals surface area (Å²) in [4.78, 5) is 14.8.